The van der Waals surface area contributed by atoms with Crippen molar-refractivity contribution in [3.63, 3.8) is 0 Å². The highest BCUT2D eigenvalue weighted by Crippen LogP contribution is 2.67. The van der Waals surface area contributed by atoms with Crippen molar-refractivity contribution >= 4 is 16.7 Å². The van der Waals surface area contributed by atoms with Gasteiger partial charge in [0, 0.05) is 11.1 Å². The molecule has 1 heterocycles. The fraction of sp³-hybridized carbons (Fsp3) is 0.654. The lowest BCUT2D eigenvalue weighted by Gasteiger charge is -2.62. The predicted octanol–water partition coefficient (Wildman–Crippen LogP) is 4.86. The zero-order chi connectivity index (χ0) is 20.7. The molecule has 3 saturated carbocycles. The molecule has 0 amide bonds. The molecular formula is C26H34N2O2. The monoisotopic (exact) mass is 406 g/mol. The van der Waals surface area contributed by atoms with Crippen molar-refractivity contribution in [2.75, 3.05) is 0 Å². The van der Waals surface area contributed by atoms with Crippen LogP contribution in [0.1, 0.15) is 58.8 Å². The highest BCUT2D eigenvalue weighted by atomic mass is 16.3. The summed E-state index contributed by atoms with van der Waals surface area (Å²) < 4.78 is 2.28. The van der Waals surface area contributed by atoms with Gasteiger partial charge < -0.3 is 14.8 Å². The zero-order valence-corrected chi connectivity index (χ0v) is 18.2. The lowest BCUT2D eigenvalue weighted by atomic mass is 9.44. The van der Waals surface area contributed by atoms with Crippen molar-refractivity contribution in [1.29, 1.82) is 0 Å². The highest BCUT2D eigenvalue weighted by Gasteiger charge is 2.61. The second kappa shape index (κ2) is 6.43. The Morgan fingerprint density at radius 3 is 2.80 bits per heavy atom. The molecule has 2 N–H and O–H groups in total. The van der Waals surface area contributed by atoms with Gasteiger partial charge in [0.1, 0.15) is 6.33 Å². The number of rotatable bonds is 1. The summed E-state index contributed by atoms with van der Waals surface area (Å²) in [7, 11) is 0. The third-order valence-electron chi connectivity index (χ3n) is 9.82. The first-order valence-corrected chi connectivity index (χ1v) is 11.9. The number of nitrogens with zero attached hydrogens (tertiary/aromatic N) is 2. The Kier molecular flexibility index (Phi) is 4.09. The van der Waals surface area contributed by atoms with Crippen molar-refractivity contribution in [1.82, 2.24) is 9.55 Å². The topological polar surface area (TPSA) is 58.3 Å². The van der Waals surface area contributed by atoms with Gasteiger partial charge in [-0.3, -0.25) is 0 Å². The molecule has 30 heavy (non-hydrogen) atoms. The molecule has 1 aromatic carbocycles. The minimum atomic E-state index is -0.268. The van der Waals surface area contributed by atoms with Crippen molar-refractivity contribution in [3.05, 3.63) is 36.7 Å². The Morgan fingerprint density at radius 2 is 1.93 bits per heavy atom. The van der Waals surface area contributed by atoms with Crippen LogP contribution in [0.15, 0.2) is 36.7 Å². The van der Waals surface area contributed by atoms with Crippen molar-refractivity contribution in [2.24, 2.45) is 34.5 Å². The number of hydrogen-bond acceptors (Lipinski definition) is 3. The summed E-state index contributed by atoms with van der Waals surface area (Å²) in [4.78, 5) is 4.64. The molecule has 7 unspecified atom stereocenters. The van der Waals surface area contributed by atoms with Crippen LogP contribution in [-0.2, 0) is 0 Å². The molecule has 3 fully saturated rings. The summed E-state index contributed by atoms with van der Waals surface area (Å²) in [5.74, 6) is 2.09. The van der Waals surface area contributed by atoms with Crippen LogP contribution < -0.4 is 0 Å². The van der Waals surface area contributed by atoms with E-state index in [9.17, 15) is 10.2 Å². The van der Waals surface area contributed by atoms with Crippen LogP contribution in [-0.4, -0.2) is 32.0 Å². The molecule has 1 aromatic heterocycles. The fourth-order valence-electron chi connectivity index (χ4n) is 8.43. The summed E-state index contributed by atoms with van der Waals surface area (Å²) >= 11 is 0. The van der Waals surface area contributed by atoms with Gasteiger partial charge in [-0.15, -0.1) is 0 Å². The minimum absolute atomic E-state index is 0.0125. The van der Waals surface area contributed by atoms with Gasteiger partial charge in [0.25, 0.3) is 0 Å². The van der Waals surface area contributed by atoms with E-state index in [0.717, 1.165) is 37.6 Å². The van der Waals surface area contributed by atoms with E-state index in [0.29, 0.717) is 23.7 Å². The van der Waals surface area contributed by atoms with Gasteiger partial charge in [-0.05, 0) is 86.2 Å². The summed E-state index contributed by atoms with van der Waals surface area (Å²) in [6.07, 6.45) is 11.2. The maximum absolute atomic E-state index is 11.6. The number of aliphatic hydroxyl groups excluding tert-OH is 2. The molecule has 0 spiro atoms. The van der Waals surface area contributed by atoms with E-state index in [1.54, 1.807) is 0 Å². The summed E-state index contributed by atoms with van der Waals surface area (Å²) in [6.45, 7) is 4.82. The molecule has 8 atom stereocenters. The smallest absolute Gasteiger partial charge is 0.100 e. The van der Waals surface area contributed by atoms with Gasteiger partial charge in [0.15, 0.2) is 0 Å². The first-order valence-electron chi connectivity index (χ1n) is 11.9. The Bertz CT molecular complexity index is 1010. The summed E-state index contributed by atoms with van der Waals surface area (Å²) in [6, 6.07) is 8.36. The molecule has 4 aliphatic rings. The maximum Gasteiger partial charge on any atom is 0.100 e. The molecule has 4 nitrogen and oxygen atoms in total. The third kappa shape index (κ3) is 2.44. The molecule has 0 saturated heterocycles. The number of aliphatic hydroxyl groups is 2. The van der Waals surface area contributed by atoms with Gasteiger partial charge in [-0.2, -0.15) is 0 Å². The molecule has 4 aliphatic carbocycles. The van der Waals surface area contributed by atoms with Gasteiger partial charge in [-0.1, -0.05) is 32.1 Å². The zero-order valence-electron chi connectivity index (χ0n) is 18.2. The highest BCUT2D eigenvalue weighted by molar-refractivity contribution is 5.80. The quantitative estimate of drug-likeness (QED) is 0.711. The molecule has 0 radical (unpaired) electrons. The first kappa shape index (κ1) is 19.1. The van der Waals surface area contributed by atoms with Crippen LogP contribution in [0.5, 0.6) is 0 Å². The molecule has 160 valence electrons. The number of imidazole rings is 1. The van der Waals surface area contributed by atoms with Crippen molar-refractivity contribution in [2.45, 2.75) is 71.0 Å². The van der Waals surface area contributed by atoms with Gasteiger partial charge in [0.2, 0.25) is 0 Å². The second-order valence-electron chi connectivity index (χ2n) is 11.1. The second-order valence-corrected chi connectivity index (χ2v) is 11.1. The predicted molar refractivity (Wildman–Crippen MR) is 119 cm³/mol. The number of benzene rings is 1. The molecule has 0 bridgehead atoms. The van der Waals surface area contributed by atoms with Gasteiger partial charge in [-0.25, -0.2) is 4.98 Å². The van der Waals surface area contributed by atoms with Crippen molar-refractivity contribution < 1.29 is 10.2 Å². The standard InChI is InChI=1S/C26H34N2O2/c1-25-12-11-17(29)13-16(25)7-8-18-19-9-10-23(26(19,2)14-22(30)24(18)25)28-15-27-20-5-3-4-6-21(20)28/h3-6,10,15-19,22,24,29-30H,7-9,11-14H2,1-2H3/t16?,17?,18?,19?,22?,24?,25-,26?/m0/s1. The molecule has 0 aliphatic heterocycles. The van der Waals surface area contributed by atoms with Crippen LogP contribution in [0, 0.1) is 34.5 Å². The van der Waals surface area contributed by atoms with Crippen LogP contribution in [0.25, 0.3) is 16.7 Å². The molecular weight excluding hydrogens is 372 g/mol. The Hall–Kier alpha value is -1.65. The summed E-state index contributed by atoms with van der Waals surface area (Å²) in [5.41, 5.74) is 3.70. The summed E-state index contributed by atoms with van der Waals surface area (Å²) in [5, 5.41) is 21.9. The minimum Gasteiger partial charge on any atom is -0.393 e. The van der Waals surface area contributed by atoms with E-state index in [-0.39, 0.29) is 23.0 Å². The number of hydrogen-bond donors (Lipinski definition) is 2. The molecule has 6 rings (SSSR count). The lowest BCUT2D eigenvalue weighted by molar-refractivity contribution is -0.166. The SMILES string of the molecule is CC12CC(O)C3C(CCC4CC(O)CC[C@@]43C)C1CC=C2n1cnc2ccccc21. The van der Waals surface area contributed by atoms with E-state index in [1.165, 1.54) is 24.1 Å². The van der Waals surface area contributed by atoms with Crippen LogP contribution in [0.4, 0.5) is 0 Å². The van der Waals surface area contributed by atoms with Gasteiger partial charge in [0.05, 0.1) is 23.2 Å². The van der Waals surface area contributed by atoms with E-state index in [4.69, 9.17) is 0 Å². The van der Waals surface area contributed by atoms with Crippen LogP contribution in [0.3, 0.4) is 0 Å². The Labute approximate surface area is 179 Å². The van der Waals surface area contributed by atoms with Crippen LogP contribution >= 0.6 is 0 Å². The number of fused-ring (bicyclic) bond motifs is 6. The largest absolute Gasteiger partial charge is 0.393 e. The number of allylic oxidation sites excluding steroid dienone is 2. The first-order chi connectivity index (χ1) is 14.4. The van der Waals surface area contributed by atoms with E-state index in [1.807, 2.05) is 12.4 Å². The maximum atomic E-state index is 11.6. The normalized spacial score (nSPS) is 45.5. The van der Waals surface area contributed by atoms with Crippen molar-refractivity contribution in [3.8, 4) is 0 Å². The van der Waals surface area contributed by atoms with E-state index < -0.39 is 0 Å². The fourth-order valence-corrected chi connectivity index (χ4v) is 8.43. The molecule has 4 heteroatoms. The molecule has 2 aromatic rings. The Balaban J connectivity index is 1.37. The average molecular weight is 407 g/mol. The lowest BCUT2D eigenvalue weighted by Crippen LogP contribution is -2.58. The van der Waals surface area contributed by atoms with Crippen LogP contribution in [0.2, 0.25) is 0 Å². The van der Waals surface area contributed by atoms with Gasteiger partial charge >= 0.3 is 0 Å². The van der Waals surface area contributed by atoms with E-state index in [2.05, 4.69) is 47.7 Å². The number of aromatic nitrogens is 2. The number of para-hydroxylation sites is 2. The third-order valence-corrected chi connectivity index (χ3v) is 9.82. The van der Waals surface area contributed by atoms with E-state index >= 15 is 0 Å². The Morgan fingerprint density at radius 1 is 1.10 bits per heavy atom. The average Bonchev–Trinajstić information content (AvgIpc) is 3.28.